The zero-order valence-electron chi connectivity index (χ0n) is 11.3. The molecule has 2 rings (SSSR count). The van der Waals surface area contributed by atoms with Crippen molar-refractivity contribution in [3.8, 4) is 0 Å². The molecule has 0 radical (unpaired) electrons. The van der Waals surface area contributed by atoms with Gasteiger partial charge in [-0.3, -0.25) is 9.58 Å². The Morgan fingerprint density at radius 1 is 1.10 bits per heavy atom. The molecule has 112 valence electrons. The molecule has 1 heterocycles. The minimum absolute atomic E-state index is 0. The Kier molecular flexibility index (Phi) is 10.0. The summed E-state index contributed by atoms with van der Waals surface area (Å²) in [5, 5.41) is 4.10. The summed E-state index contributed by atoms with van der Waals surface area (Å²) < 4.78 is 1.84. The second-order valence-corrected chi connectivity index (χ2v) is 4.21. The van der Waals surface area contributed by atoms with Crippen molar-refractivity contribution in [2.75, 3.05) is 19.6 Å². The summed E-state index contributed by atoms with van der Waals surface area (Å²) in [5.41, 5.74) is 6.97. The summed E-state index contributed by atoms with van der Waals surface area (Å²) in [6.45, 7) is 4.25. The third kappa shape index (κ3) is 6.34. The molecule has 0 saturated carbocycles. The van der Waals surface area contributed by atoms with Gasteiger partial charge in [-0.05, 0) is 5.56 Å². The first-order valence-electron chi connectivity index (χ1n) is 6.17. The van der Waals surface area contributed by atoms with Gasteiger partial charge in [-0.2, -0.15) is 5.10 Å². The smallest absolute Gasteiger partial charge is 0.137 e. The second kappa shape index (κ2) is 10.6. The van der Waals surface area contributed by atoms with E-state index in [9.17, 15) is 0 Å². The first kappa shape index (κ1) is 18.9. The number of nitrogens with zero attached hydrogens (tertiary/aromatic N) is 4. The van der Waals surface area contributed by atoms with Crippen LogP contribution in [0.1, 0.15) is 5.56 Å². The highest BCUT2D eigenvalue weighted by molar-refractivity contribution is 5.85. The molecule has 0 aliphatic rings. The molecule has 0 unspecified atom stereocenters. The van der Waals surface area contributed by atoms with Crippen LogP contribution < -0.4 is 5.73 Å². The van der Waals surface area contributed by atoms with E-state index in [1.54, 1.807) is 12.7 Å². The number of halogens is 2. The van der Waals surface area contributed by atoms with Crippen LogP contribution in [0.25, 0.3) is 0 Å². The standard InChI is InChI=1S/C13H19N5.2ClH/c14-6-7-17(8-9-18-12-15-11-16-18)10-13-4-2-1-3-5-13;;/h1-5,11-12H,6-10,14H2;2*1H. The quantitative estimate of drug-likeness (QED) is 0.842. The fourth-order valence-electron chi connectivity index (χ4n) is 1.89. The van der Waals surface area contributed by atoms with Crippen LogP contribution in [0.15, 0.2) is 43.0 Å². The average molecular weight is 318 g/mol. The maximum absolute atomic E-state index is 5.66. The second-order valence-electron chi connectivity index (χ2n) is 4.21. The minimum Gasteiger partial charge on any atom is -0.329 e. The van der Waals surface area contributed by atoms with Gasteiger partial charge in [0.25, 0.3) is 0 Å². The Morgan fingerprint density at radius 3 is 2.45 bits per heavy atom. The van der Waals surface area contributed by atoms with Crippen molar-refractivity contribution < 1.29 is 0 Å². The monoisotopic (exact) mass is 317 g/mol. The van der Waals surface area contributed by atoms with Gasteiger partial charge in [0.2, 0.25) is 0 Å². The lowest BCUT2D eigenvalue weighted by Gasteiger charge is -2.21. The SMILES string of the molecule is Cl.Cl.NCCN(CCn1cncn1)Cc1ccccc1. The maximum Gasteiger partial charge on any atom is 0.137 e. The number of nitrogens with two attached hydrogens (primary N) is 1. The van der Waals surface area contributed by atoms with E-state index in [0.29, 0.717) is 6.54 Å². The summed E-state index contributed by atoms with van der Waals surface area (Å²) in [5.74, 6) is 0. The van der Waals surface area contributed by atoms with Crippen molar-refractivity contribution in [3.05, 3.63) is 48.5 Å². The van der Waals surface area contributed by atoms with Crippen molar-refractivity contribution >= 4 is 24.8 Å². The number of rotatable bonds is 7. The predicted octanol–water partition coefficient (Wildman–Crippen LogP) is 1.58. The average Bonchev–Trinajstić information content (AvgIpc) is 2.91. The van der Waals surface area contributed by atoms with Crippen molar-refractivity contribution in [2.45, 2.75) is 13.1 Å². The summed E-state index contributed by atoms with van der Waals surface area (Å²) in [7, 11) is 0. The molecular weight excluding hydrogens is 297 g/mol. The van der Waals surface area contributed by atoms with Crippen LogP contribution in [-0.2, 0) is 13.1 Å². The van der Waals surface area contributed by atoms with Crippen LogP contribution in [0.3, 0.4) is 0 Å². The van der Waals surface area contributed by atoms with Crippen molar-refractivity contribution in [2.24, 2.45) is 5.73 Å². The molecule has 2 aromatic rings. The molecule has 0 aliphatic carbocycles. The van der Waals surface area contributed by atoms with Gasteiger partial charge in [-0.1, -0.05) is 30.3 Å². The lowest BCUT2D eigenvalue weighted by atomic mass is 10.2. The van der Waals surface area contributed by atoms with E-state index in [0.717, 1.165) is 26.2 Å². The van der Waals surface area contributed by atoms with Crippen LogP contribution in [0.2, 0.25) is 0 Å². The van der Waals surface area contributed by atoms with Crippen LogP contribution in [-0.4, -0.2) is 39.3 Å². The van der Waals surface area contributed by atoms with E-state index in [4.69, 9.17) is 5.73 Å². The highest BCUT2D eigenvalue weighted by Gasteiger charge is 2.05. The molecular formula is C13H21Cl2N5. The number of benzene rings is 1. The Hall–Kier alpha value is -1.14. The predicted molar refractivity (Wildman–Crippen MR) is 85.3 cm³/mol. The lowest BCUT2D eigenvalue weighted by molar-refractivity contribution is 0.257. The molecule has 7 heteroatoms. The normalized spacial score (nSPS) is 9.90. The Balaban J connectivity index is 0.00000180. The van der Waals surface area contributed by atoms with E-state index in [2.05, 4.69) is 39.2 Å². The Labute approximate surface area is 132 Å². The third-order valence-electron chi connectivity index (χ3n) is 2.81. The fraction of sp³-hybridized carbons (Fsp3) is 0.385. The van der Waals surface area contributed by atoms with Gasteiger partial charge < -0.3 is 5.73 Å². The largest absolute Gasteiger partial charge is 0.329 e. The molecule has 5 nitrogen and oxygen atoms in total. The fourth-order valence-corrected chi connectivity index (χ4v) is 1.89. The van der Waals surface area contributed by atoms with E-state index in [1.165, 1.54) is 5.56 Å². The zero-order valence-corrected chi connectivity index (χ0v) is 12.9. The maximum atomic E-state index is 5.66. The number of aromatic nitrogens is 3. The highest BCUT2D eigenvalue weighted by Crippen LogP contribution is 2.04. The first-order valence-corrected chi connectivity index (χ1v) is 6.17. The van der Waals surface area contributed by atoms with Crippen LogP contribution in [0.5, 0.6) is 0 Å². The summed E-state index contributed by atoms with van der Waals surface area (Å²) in [6, 6.07) is 10.4. The molecule has 0 saturated heterocycles. The lowest BCUT2D eigenvalue weighted by Crippen LogP contribution is -2.32. The van der Waals surface area contributed by atoms with Gasteiger partial charge in [0, 0.05) is 26.2 Å². The molecule has 2 N–H and O–H groups in total. The van der Waals surface area contributed by atoms with E-state index in [-0.39, 0.29) is 24.8 Å². The van der Waals surface area contributed by atoms with Crippen LogP contribution >= 0.6 is 24.8 Å². The topological polar surface area (TPSA) is 60.0 Å². The molecule has 1 aromatic heterocycles. The molecule has 1 aromatic carbocycles. The van der Waals surface area contributed by atoms with Crippen LogP contribution in [0, 0.1) is 0 Å². The van der Waals surface area contributed by atoms with E-state index >= 15 is 0 Å². The Bertz CT molecular complexity index is 435. The summed E-state index contributed by atoms with van der Waals surface area (Å²) in [4.78, 5) is 6.27. The third-order valence-corrected chi connectivity index (χ3v) is 2.81. The van der Waals surface area contributed by atoms with Gasteiger partial charge in [0.1, 0.15) is 12.7 Å². The van der Waals surface area contributed by atoms with Crippen LogP contribution in [0.4, 0.5) is 0 Å². The summed E-state index contributed by atoms with van der Waals surface area (Å²) >= 11 is 0. The number of hydrogen-bond acceptors (Lipinski definition) is 4. The molecule has 0 fully saturated rings. The minimum atomic E-state index is 0. The van der Waals surface area contributed by atoms with E-state index in [1.807, 2.05) is 10.7 Å². The molecule has 0 aliphatic heterocycles. The van der Waals surface area contributed by atoms with Gasteiger partial charge in [0.05, 0.1) is 6.54 Å². The molecule has 0 spiro atoms. The highest BCUT2D eigenvalue weighted by atomic mass is 35.5. The van der Waals surface area contributed by atoms with Crippen molar-refractivity contribution in [1.29, 1.82) is 0 Å². The Morgan fingerprint density at radius 2 is 1.85 bits per heavy atom. The van der Waals surface area contributed by atoms with Gasteiger partial charge in [-0.25, -0.2) is 4.98 Å². The van der Waals surface area contributed by atoms with Gasteiger partial charge >= 0.3 is 0 Å². The molecule has 20 heavy (non-hydrogen) atoms. The van der Waals surface area contributed by atoms with Crippen molar-refractivity contribution in [3.63, 3.8) is 0 Å². The van der Waals surface area contributed by atoms with Gasteiger partial charge in [0.15, 0.2) is 0 Å². The number of hydrogen-bond donors (Lipinski definition) is 1. The first-order chi connectivity index (χ1) is 8.88. The molecule has 0 atom stereocenters. The zero-order chi connectivity index (χ0) is 12.6. The van der Waals surface area contributed by atoms with E-state index < -0.39 is 0 Å². The van der Waals surface area contributed by atoms with Gasteiger partial charge in [-0.15, -0.1) is 24.8 Å². The summed E-state index contributed by atoms with van der Waals surface area (Å²) in [6.07, 6.45) is 3.30. The molecule has 0 amide bonds. The van der Waals surface area contributed by atoms with Crippen molar-refractivity contribution in [1.82, 2.24) is 19.7 Å². The molecule has 0 bridgehead atoms.